The normalized spacial score (nSPS) is 19.0. The first-order valence-corrected chi connectivity index (χ1v) is 5.25. The minimum atomic E-state index is -3.33. The summed E-state index contributed by atoms with van der Waals surface area (Å²) in [6.07, 6.45) is 0. The smallest absolute Gasteiger partial charge is 0.238 e. The Morgan fingerprint density at radius 2 is 2.10 bits per heavy atom. The summed E-state index contributed by atoms with van der Waals surface area (Å²) in [5.41, 5.74) is 0. The van der Waals surface area contributed by atoms with Crippen molar-refractivity contribution in [2.75, 3.05) is 7.05 Å². The number of halogens is 3. The maximum absolute atomic E-state index is 12.4. The molecule has 0 amide bonds. The molecule has 0 fully saturated rings. The molecule has 0 saturated heterocycles. The van der Waals surface area contributed by atoms with Crippen molar-refractivity contribution in [2.24, 2.45) is 5.14 Å². The molecule has 0 bridgehead atoms. The monoisotopic (exact) mass is 226 g/mol. The zero-order valence-corrected chi connectivity index (χ0v) is 8.03. The Morgan fingerprint density at radius 3 is 2.10 bits per heavy atom. The molecule has 2 N–H and O–H groups in total. The molecule has 1 unspecified atom stereocenters. The Hall–Kier alpha value is 0.800. The summed E-state index contributed by atoms with van der Waals surface area (Å²) in [4.78, 5) is 0. The summed E-state index contributed by atoms with van der Waals surface area (Å²) in [6.45, 7) is 0. The first-order valence-electron chi connectivity index (χ1n) is 1.99. The van der Waals surface area contributed by atoms with Gasteiger partial charge in [0.1, 0.15) is 0 Å². The van der Waals surface area contributed by atoms with Crippen molar-refractivity contribution in [3.05, 3.63) is 0 Å². The van der Waals surface area contributed by atoms with E-state index in [4.69, 9.17) is 28.3 Å². The Kier molecular flexibility index (Phi) is 3.28. The molecule has 0 rings (SSSR count). The van der Waals surface area contributed by atoms with Gasteiger partial charge >= 0.3 is 4.71 Å². The van der Waals surface area contributed by atoms with E-state index in [2.05, 4.69) is 11.2 Å². The molecule has 10 heavy (non-hydrogen) atoms. The maximum atomic E-state index is 12.4. The highest BCUT2D eigenvalue weighted by Gasteiger charge is 2.33. The van der Waals surface area contributed by atoms with E-state index in [0.717, 1.165) is 7.05 Å². The highest BCUT2D eigenvalue weighted by Crippen LogP contribution is 2.27. The van der Waals surface area contributed by atoms with Crippen LogP contribution >= 0.6 is 23.2 Å². The van der Waals surface area contributed by atoms with E-state index in [1.165, 1.54) is 0 Å². The van der Waals surface area contributed by atoms with E-state index in [9.17, 15) is 8.60 Å². The first-order chi connectivity index (χ1) is 4.15. The number of nitrogens with zero attached hydrogens (tertiary/aromatic N) is 1. The molecular weight excluding hydrogens is 222 g/mol. The Morgan fingerprint density at radius 1 is 1.80 bits per heavy atom. The SMILES string of the molecule is CN(C(F)(Cl)Cl)S(N)(=O)=S. The van der Waals surface area contributed by atoms with Gasteiger partial charge < -0.3 is 0 Å². The van der Waals surface area contributed by atoms with Crippen LogP contribution in [0.3, 0.4) is 0 Å². The zero-order chi connectivity index (χ0) is 8.58. The van der Waals surface area contributed by atoms with Gasteiger partial charge in [-0.05, 0) is 23.2 Å². The molecule has 0 aromatic carbocycles. The van der Waals surface area contributed by atoms with Crippen molar-refractivity contribution in [3.8, 4) is 0 Å². The highest BCUT2D eigenvalue weighted by molar-refractivity contribution is 8.30. The molecule has 62 valence electrons. The van der Waals surface area contributed by atoms with Crippen LogP contribution in [-0.4, -0.2) is 20.3 Å². The van der Waals surface area contributed by atoms with Gasteiger partial charge in [-0.3, -0.25) is 0 Å². The fourth-order valence-electron chi connectivity index (χ4n) is 0.144. The second-order valence-electron chi connectivity index (χ2n) is 1.48. The molecule has 0 aliphatic rings. The lowest BCUT2D eigenvalue weighted by atomic mass is 11.2. The number of hydrogen-bond donors (Lipinski definition) is 1. The van der Waals surface area contributed by atoms with Gasteiger partial charge in [0.25, 0.3) is 0 Å². The minimum Gasteiger partial charge on any atom is -0.238 e. The maximum Gasteiger partial charge on any atom is 0.327 e. The quantitative estimate of drug-likeness (QED) is 0.552. The number of rotatable bonds is 2. The van der Waals surface area contributed by atoms with E-state index in [1.54, 1.807) is 0 Å². The first kappa shape index (κ1) is 10.8. The molecule has 0 heterocycles. The molecule has 0 aliphatic heterocycles. The van der Waals surface area contributed by atoms with Crippen LogP contribution in [0.15, 0.2) is 0 Å². The van der Waals surface area contributed by atoms with Crippen LogP contribution in [0.5, 0.6) is 0 Å². The summed E-state index contributed by atoms with van der Waals surface area (Å²) in [7, 11) is -2.31. The number of alkyl halides is 3. The standard InChI is InChI=1S/C2H5Cl2FN2OS2/c1-7(2(3,4)5)10(6,8)9/h1H3,(H2,6,8,9). The van der Waals surface area contributed by atoms with Gasteiger partial charge in [0.05, 0.1) is 0 Å². The van der Waals surface area contributed by atoms with E-state index in [1.807, 2.05) is 0 Å². The summed E-state index contributed by atoms with van der Waals surface area (Å²) in [5.74, 6) is 0. The third-order valence-electron chi connectivity index (χ3n) is 0.739. The second kappa shape index (κ2) is 3.04. The lowest BCUT2D eigenvalue weighted by Gasteiger charge is -2.21. The van der Waals surface area contributed by atoms with Crippen LogP contribution < -0.4 is 5.14 Å². The molecule has 0 spiro atoms. The van der Waals surface area contributed by atoms with Gasteiger partial charge in [0.2, 0.25) is 0 Å². The average molecular weight is 227 g/mol. The van der Waals surface area contributed by atoms with Gasteiger partial charge in [-0.15, -0.1) is 0 Å². The van der Waals surface area contributed by atoms with Crippen molar-refractivity contribution < 1.29 is 8.60 Å². The predicted molar refractivity (Wildman–Crippen MR) is 43.0 cm³/mol. The summed E-state index contributed by atoms with van der Waals surface area (Å²) in [5, 5.41) is 4.82. The predicted octanol–water partition coefficient (Wildman–Crippen LogP) is 0.512. The molecule has 0 saturated carbocycles. The number of nitrogens with two attached hydrogens (primary N) is 1. The van der Waals surface area contributed by atoms with Crippen LogP contribution in [0.25, 0.3) is 0 Å². The van der Waals surface area contributed by atoms with E-state index in [-0.39, 0.29) is 0 Å². The Balaban J connectivity index is 4.56. The molecular formula is C2H5Cl2FN2OS2. The molecule has 0 aromatic heterocycles. The van der Waals surface area contributed by atoms with Gasteiger partial charge in [-0.1, -0.05) is 0 Å². The zero-order valence-electron chi connectivity index (χ0n) is 4.88. The third-order valence-corrected chi connectivity index (χ3v) is 3.13. The van der Waals surface area contributed by atoms with E-state index >= 15 is 0 Å². The minimum absolute atomic E-state index is 0.360. The van der Waals surface area contributed by atoms with Crippen molar-refractivity contribution in [3.63, 3.8) is 0 Å². The summed E-state index contributed by atoms with van der Waals surface area (Å²) < 4.78 is 20.6. The summed E-state index contributed by atoms with van der Waals surface area (Å²) in [6, 6.07) is 0. The van der Waals surface area contributed by atoms with Crippen molar-refractivity contribution in [2.45, 2.75) is 4.71 Å². The fraction of sp³-hybridized carbons (Fsp3) is 1.00. The van der Waals surface area contributed by atoms with Gasteiger partial charge in [0.15, 0.2) is 8.86 Å². The Labute approximate surface area is 73.2 Å². The molecule has 0 aromatic rings. The van der Waals surface area contributed by atoms with Crippen LogP contribution in [0, 0.1) is 0 Å². The number of hydrogen-bond acceptors (Lipinski definition) is 2. The van der Waals surface area contributed by atoms with Gasteiger partial charge in [-0.25, -0.2) is 9.35 Å². The Bertz CT molecular complexity index is 210. The van der Waals surface area contributed by atoms with Crippen molar-refractivity contribution >= 4 is 43.3 Å². The molecule has 3 nitrogen and oxygen atoms in total. The average Bonchev–Trinajstić information content (AvgIpc) is 1.59. The topological polar surface area (TPSA) is 46.3 Å². The molecule has 0 aliphatic carbocycles. The lowest BCUT2D eigenvalue weighted by molar-refractivity contribution is 0.243. The van der Waals surface area contributed by atoms with Gasteiger partial charge in [0, 0.05) is 18.2 Å². The van der Waals surface area contributed by atoms with Crippen LogP contribution in [0.1, 0.15) is 0 Å². The third kappa shape index (κ3) is 3.27. The largest absolute Gasteiger partial charge is 0.327 e. The second-order valence-corrected chi connectivity index (χ2v) is 5.69. The van der Waals surface area contributed by atoms with Crippen molar-refractivity contribution in [1.82, 2.24) is 4.31 Å². The molecule has 0 radical (unpaired) electrons. The molecule has 1 atom stereocenters. The molecule has 8 heteroatoms. The van der Waals surface area contributed by atoms with Crippen molar-refractivity contribution in [1.29, 1.82) is 0 Å². The van der Waals surface area contributed by atoms with Crippen LogP contribution in [0.4, 0.5) is 4.39 Å². The van der Waals surface area contributed by atoms with E-state index in [0.29, 0.717) is 4.31 Å². The van der Waals surface area contributed by atoms with Gasteiger partial charge in [-0.2, -0.15) is 8.70 Å². The van der Waals surface area contributed by atoms with Crippen LogP contribution in [0.2, 0.25) is 0 Å². The lowest BCUT2D eigenvalue weighted by Crippen LogP contribution is -2.41. The highest BCUT2D eigenvalue weighted by atomic mass is 35.5. The summed E-state index contributed by atoms with van der Waals surface area (Å²) >= 11 is 13.9. The van der Waals surface area contributed by atoms with Crippen LogP contribution in [-0.2, 0) is 20.1 Å². The van der Waals surface area contributed by atoms with E-state index < -0.39 is 13.6 Å². The fourth-order valence-corrected chi connectivity index (χ4v) is 1.60.